The maximum Gasteiger partial charge on any atom is 0.235 e. The van der Waals surface area contributed by atoms with Gasteiger partial charge in [0.05, 0.1) is 11.2 Å². The van der Waals surface area contributed by atoms with Gasteiger partial charge in [0.1, 0.15) is 23.3 Å². The van der Waals surface area contributed by atoms with Crippen LogP contribution in [0.1, 0.15) is 11.6 Å². The molecule has 0 amide bonds. The number of thiophene rings is 1. The largest absolute Gasteiger partial charge is 0.318 e. The summed E-state index contributed by atoms with van der Waals surface area (Å²) in [6.45, 7) is 0. The van der Waals surface area contributed by atoms with Crippen molar-refractivity contribution in [3.8, 4) is 0 Å². The third-order valence-corrected chi connectivity index (χ3v) is 13.0. The van der Waals surface area contributed by atoms with E-state index in [0.29, 0.717) is 0 Å². The lowest BCUT2D eigenvalue weighted by Crippen LogP contribution is -2.43. The van der Waals surface area contributed by atoms with Crippen LogP contribution in [0.4, 0.5) is 34.1 Å². The molecule has 2 aliphatic carbocycles. The smallest absolute Gasteiger partial charge is 0.235 e. The van der Waals surface area contributed by atoms with Gasteiger partial charge in [-0.3, -0.25) is 0 Å². The van der Waals surface area contributed by atoms with Gasteiger partial charge < -0.3 is 9.47 Å². The highest BCUT2D eigenvalue weighted by atomic mass is 32.1. The summed E-state index contributed by atoms with van der Waals surface area (Å²) in [6, 6.07) is 47.7. The van der Waals surface area contributed by atoms with Crippen molar-refractivity contribution in [2.75, 3.05) is 4.90 Å². The zero-order chi connectivity index (χ0) is 34.4. The summed E-state index contributed by atoms with van der Waals surface area (Å²) in [7, 11) is 0. The molecular weight excluding hydrogens is 665 g/mol. The van der Waals surface area contributed by atoms with E-state index in [0.717, 1.165) is 0 Å². The minimum atomic E-state index is 0.121. The van der Waals surface area contributed by atoms with Crippen molar-refractivity contribution in [2.45, 2.75) is 12.1 Å². The van der Waals surface area contributed by atoms with Crippen molar-refractivity contribution < 1.29 is 0 Å². The first-order valence-corrected chi connectivity index (χ1v) is 19.2. The number of fused-ring (bicyclic) bond motifs is 13. The average molecular weight is 695 g/mol. The molecule has 0 bridgehead atoms. The van der Waals surface area contributed by atoms with Crippen molar-refractivity contribution >= 4 is 104 Å². The van der Waals surface area contributed by atoms with Crippen LogP contribution in [0.5, 0.6) is 0 Å². The maximum absolute atomic E-state index is 2.53. The SMILES string of the molecule is C1=CC2=[N+](c3ccc4c(c3)sc3cc([N+]5=C6C=CC=CC6n6c7ccccc7c7cccc5c76)ccc34)c3ccccc3N3c4ccccc4C(=C1)C23. The van der Waals surface area contributed by atoms with Crippen molar-refractivity contribution in [3.05, 3.63) is 175 Å². The molecule has 246 valence electrons. The van der Waals surface area contributed by atoms with Gasteiger partial charge in [-0.05, 0) is 35.9 Å². The van der Waals surface area contributed by atoms with Crippen molar-refractivity contribution in [1.29, 1.82) is 0 Å². The highest BCUT2D eigenvalue weighted by Crippen LogP contribution is 2.52. The lowest BCUT2D eigenvalue weighted by atomic mass is 9.92. The first-order valence-electron chi connectivity index (χ1n) is 18.3. The molecule has 8 aromatic rings. The van der Waals surface area contributed by atoms with Crippen LogP contribution >= 0.6 is 11.3 Å². The van der Waals surface area contributed by atoms with Crippen LogP contribution in [0.2, 0.25) is 0 Å². The summed E-state index contributed by atoms with van der Waals surface area (Å²) in [5.41, 5.74) is 15.2. The number of aromatic nitrogens is 1. The number of rotatable bonds is 2. The Balaban J connectivity index is 0.990. The summed E-state index contributed by atoms with van der Waals surface area (Å²) < 4.78 is 10.1. The molecule has 3 aliphatic heterocycles. The summed E-state index contributed by atoms with van der Waals surface area (Å²) in [5, 5.41) is 5.21. The van der Waals surface area contributed by atoms with Crippen LogP contribution in [0.15, 0.2) is 170 Å². The van der Waals surface area contributed by atoms with Crippen molar-refractivity contribution in [2.24, 2.45) is 0 Å². The molecule has 0 N–H and O–H groups in total. The van der Waals surface area contributed by atoms with Crippen LogP contribution in [-0.4, -0.2) is 22.0 Å². The molecule has 0 radical (unpaired) electrons. The van der Waals surface area contributed by atoms with E-state index in [1.165, 1.54) is 98.7 Å². The summed E-state index contributed by atoms with van der Waals surface area (Å²) in [6.07, 6.45) is 15.8. The molecule has 5 heterocycles. The topological polar surface area (TPSA) is 14.2 Å². The molecule has 0 saturated carbocycles. The van der Waals surface area contributed by atoms with Gasteiger partial charge in [0.25, 0.3) is 0 Å². The Hall–Kier alpha value is -6.56. The van der Waals surface area contributed by atoms with Gasteiger partial charge in [-0.2, -0.15) is 9.15 Å². The lowest BCUT2D eigenvalue weighted by molar-refractivity contribution is 0.781. The number of para-hydroxylation sites is 5. The second kappa shape index (κ2) is 10.1. The van der Waals surface area contributed by atoms with E-state index >= 15 is 0 Å². The number of nitrogens with zero attached hydrogens (tertiary/aromatic N) is 4. The first-order chi connectivity index (χ1) is 26.3. The number of anilines is 2. The maximum atomic E-state index is 2.53. The van der Waals surface area contributed by atoms with Crippen LogP contribution in [0.25, 0.3) is 47.6 Å². The van der Waals surface area contributed by atoms with E-state index in [-0.39, 0.29) is 12.1 Å². The van der Waals surface area contributed by atoms with Gasteiger partial charge in [-0.1, -0.05) is 91.0 Å². The minimum Gasteiger partial charge on any atom is -0.318 e. The molecule has 0 saturated heterocycles. The Labute approximate surface area is 309 Å². The molecule has 53 heavy (non-hydrogen) atoms. The molecule has 0 spiro atoms. The second-order valence-electron chi connectivity index (χ2n) is 14.5. The Bertz CT molecular complexity index is 3200. The number of hydrogen-bond donors (Lipinski definition) is 0. The fraction of sp³-hybridized carbons (Fsp3) is 0.0417. The predicted octanol–water partition coefficient (Wildman–Crippen LogP) is 11.9. The molecule has 5 heteroatoms. The standard InChI is InChI=1S/C48H30N4S/c1-3-15-37-31(11-1)35-13-9-21-43-47(35)51(37)41-19-7-5-17-39(41)49(43)29-23-25-33-34-26-24-30(28-46(34)53-45(33)27-29)50-40-18-6-8-20-42(40)52-38-16-4-2-12-32(38)36-14-10-22-44(50)48(36)52/h1-28,41,48H/q+2. The molecule has 13 rings (SSSR count). The average Bonchev–Trinajstić information content (AvgIpc) is 3.87. The second-order valence-corrected chi connectivity index (χ2v) is 15.6. The first kappa shape index (κ1) is 28.1. The molecule has 5 aliphatic rings. The Morgan fingerprint density at radius 3 is 2.11 bits per heavy atom. The fourth-order valence-electron chi connectivity index (χ4n) is 9.83. The van der Waals surface area contributed by atoms with E-state index in [9.17, 15) is 0 Å². The highest BCUT2D eigenvalue weighted by molar-refractivity contribution is 7.25. The van der Waals surface area contributed by atoms with Gasteiger partial charge in [0, 0.05) is 85.1 Å². The highest BCUT2D eigenvalue weighted by Gasteiger charge is 2.48. The zero-order valence-corrected chi connectivity index (χ0v) is 29.3. The van der Waals surface area contributed by atoms with Gasteiger partial charge in [-0.25, -0.2) is 0 Å². The van der Waals surface area contributed by atoms with E-state index in [2.05, 4.69) is 189 Å². The monoisotopic (exact) mass is 694 g/mol. The quantitative estimate of drug-likeness (QED) is 0.164. The van der Waals surface area contributed by atoms with Gasteiger partial charge in [0.2, 0.25) is 34.2 Å². The fourth-order valence-corrected chi connectivity index (χ4v) is 11.0. The van der Waals surface area contributed by atoms with Gasteiger partial charge >= 0.3 is 0 Å². The van der Waals surface area contributed by atoms with Crippen LogP contribution in [-0.2, 0) is 0 Å². The van der Waals surface area contributed by atoms with E-state index in [1.54, 1.807) is 0 Å². The lowest BCUT2D eigenvalue weighted by Gasteiger charge is -2.32. The Morgan fingerprint density at radius 1 is 0.547 bits per heavy atom. The third-order valence-electron chi connectivity index (χ3n) is 11.9. The minimum absolute atomic E-state index is 0.121. The number of allylic oxidation sites excluding steroid dienone is 6. The van der Waals surface area contributed by atoms with Crippen molar-refractivity contribution in [1.82, 2.24) is 13.7 Å². The van der Waals surface area contributed by atoms with Crippen LogP contribution < -0.4 is 14.1 Å². The van der Waals surface area contributed by atoms with Crippen LogP contribution in [0, 0.1) is 0 Å². The summed E-state index contributed by atoms with van der Waals surface area (Å²) in [4.78, 5) is 2.53. The third kappa shape index (κ3) is 3.55. The Kier molecular flexibility index (Phi) is 5.33. The molecular formula is C48H30N4S+2. The van der Waals surface area contributed by atoms with Gasteiger partial charge in [-0.15, -0.1) is 11.3 Å². The predicted molar refractivity (Wildman–Crippen MR) is 225 cm³/mol. The normalized spacial score (nSPS) is 19.0. The van der Waals surface area contributed by atoms with E-state index in [1.807, 2.05) is 11.3 Å². The van der Waals surface area contributed by atoms with Crippen LogP contribution in [0.3, 0.4) is 0 Å². The summed E-state index contributed by atoms with van der Waals surface area (Å²) in [5.74, 6) is 0. The number of benzene rings is 6. The molecule has 2 aromatic heterocycles. The molecule has 4 nitrogen and oxygen atoms in total. The van der Waals surface area contributed by atoms with E-state index in [4.69, 9.17) is 0 Å². The molecule has 2 unspecified atom stereocenters. The zero-order valence-electron chi connectivity index (χ0n) is 28.5. The Morgan fingerprint density at radius 2 is 1.25 bits per heavy atom. The summed E-state index contributed by atoms with van der Waals surface area (Å²) >= 11 is 1.89. The number of hydrogen-bond acceptors (Lipinski definition) is 2. The van der Waals surface area contributed by atoms with Crippen molar-refractivity contribution in [3.63, 3.8) is 0 Å². The molecule has 0 fully saturated rings. The molecule has 2 atom stereocenters. The molecule has 6 aromatic carbocycles. The van der Waals surface area contributed by atoms with E-state index < -0.39 is 0 Å². The van der Waals surface area contributed by atoms with Gasteiger partial charge in [0.15, 0.2) is 0 Å².